The van der Waals surface area contributed by atoms with E-state index in [9.17, 15) is 40.9 Å². The molecule has 9 rings (SSSR count). The summed E-state index contributed by atoms with van der Waals surface area (Å²) < 4.78 is 50.8. The van der Waals surface area contributed by atoms with Gasteiger partial charge >= 0.3 is 0 Å². The Hall–Kier alpha value is -3.92. The van der Waals surface area contributed by atoms with Gasteiger partial charge in [-0.1, -0.05) is 121 Å². The smallest absolute Gasteiger partial charge is 0.115 e. The van der Waals surface area contributed by atoms with Crippen LogP contribution >= 0.6 is 0 Å². The monoisotopic (exact) mass is 1120 g/mol. The third kappa shape index (κ3) is 16.2. The first-order valence-corrected chi connectivity index (χ1v) is 28.5. The van der Waals surface area contributed by atoms with Gasteiger partial charge in [0.25, 0.3) is 0 Å². The number of rotatable bonds is 12. The van der Waals surface area contributed by atoms with Crippen LogP contribution in [0.5, 0.6) is 0 Å². The first-order valence-electron chi connectivity index (χ1n) is 28.5. The molecule has 80 heavy (non-hydrogen) atoms. The number of hydrogen-bond donors (Lipinski definition) is 12. The van der Waals surface area contributed by atoms with E-state index in [1.807, 2.05) is 121 Å². The van der Waals surface area contributed by atoms with Crippen molar-refractivity contribution < 1.29 is 78.7 Å². The lowest BCUT2D eigenvalue weighted by atomic mass is 9.91. The summed E-state index contributed by atoms with van der Waals surface area (Å²) in [5.41, 5.74) is 3.48. The Morgan fingerprint density at radius 3 is 0.675 bits per heavy atom. The molecule has 0 spiro atoms. The van der Waals surface area contributed by atoms with Gasteiger partial charge in [-0.2, -0.15) is 0 Å². The number of nitrogens with one attached hydrogen (secondary N) is 4. The number of aliphatic hydroxyl groups is 8. The maximum absolute atomic E-state index is 11.8. The van der Waals surface area contributed by atoms with Crippen molar-refractivity contribution in [3.63, 3.8) is 0 Å². The molecule has 5 saturated heterocycles. The van der Waals surface area contributed by atoms with Gasteiger partial charge in [-0.3, -0.25) is 0 Å². The molecule has 0 radical (unpaired) electrons. The predicted molar refractivity (Wildman–Crippen MR) is 293 cm³/mol. The molecule has 0 unspecified atom stereocenters. The lowest BCUT2D eigenvalue weighted by molar-refractivity contribution is -0.241. The highest BCUT2D eigenvalue weighted by Gasteiger charge is 2.49. The third-order valence-corrected chi connectivity index (χ3v) is 16.1. The molecule has 0 aliphatic carbocycles. The minimum absolute atomic E-state index is 0.146. The van der Waals surface area contributed by atoms with Gasteiger partial charge in [0, 0.05) is 26.2 Å². The summed E-state index contributed by atoms with van der Waals surface area (Å²) in [7, 11) is 0. The van der Waals surface area contributed by atoms with Crippen molar-refractivity contribution in [3.8, 4) is 0 Å². The zero-order chi connectivity index (χ0) is 55.8. The molecule has 20 heteroatoms. The van der Waals surface area contributed by atoms with Crippen LogP contribution in [0.25, 0.3) is 0 Å². The molecule has 5 aliphatic rings. The van der Waals surface area contributed by atoms with Crippen LogP contribution in [0, 0.1) is 0 Å². The Kier molecular flexibility index (Phi) is 23.2. The van der Waals surface area contributed by atoms with Crippen LogP contribution in [-0.2, 0) is 64.3 Å². The summed E-state index contributed by atoms with van der Waals surface area (Å²) in [4.78, 5) is 0. The Bertz CT molecular complexity index is 1960. The van der Waals surface area contributed by atoms with Crippen molar-refractivity contribution in [2.45, 2.75) is 174 Å². The van der Waals surface area contributed by atoms with Crippen molar-refractivity contribution in [1.29, 1.82) is 0 Å². The van der Waals surface area contributed by atoms with Gasteiger partial charge in [0.2, 0.25) is 0 Å². The van der Waals surface area contributed by atoms with Crippen LogP contribution in [0.2, 0.25) is 0 Å². The summed E-state index contributed by atoms with van der Waals surface area (Å²) >= 11 is 0. The van der Waals surface area contributed by atoms with Gasteiger partial charge in [-0.25, -0.2) is 0 Å². The average Bonchev–Trinajstić information content (AvgIpc) is 3.52. The van der Waals surface area contributed by atoms with Crippen LogP contribution in [0.4, 0.5) is 0 Å². The van der Waals surface area contributed by atoms with Crippen LogP contribution < -0.4 is 21.3 Å². The number of ether oxygens (including phenoxy) is 8. The second kappa shape index (κ2) is 30.6. The predicted octanol–water partition coefficient (Wildman–Crippen LogP) is 0.217. The van der Waals surface area contributed by atoms with E-state index < -0.39 is 122 Å². The van der Waals surface area contributed by atoms with E-state index in [2.05, 4.69) is 21.3 Å². The molecule has 0 saturated carbocycles. The van der Waals surface area contributed by atoms with Crippen molar-refractivity contribution in [1.82, 2.24) is 21.3 Å². The molecular weight excluding hydrogens is 1030 g/mol. The SMILES string of the molecule is O[C@@H]1[C@@H](OCc2ccccc2)[C@H](O)[C@H]2CNCC[C@H]3O[C@H](CNCC[C@H]4O[C@H](CNCC[C@H]5O[C@H](CNCC[C@H]1O2)[C@@H](O)[C@H](OCc1ccccc1)[C@H]5O)[C@@H](O)[C@H](OCc1ccccc1)[C@H]4O)[C@@H](O)[C@H](OCc1ccccc1)[C@H]3O. The van der Waals surface area contributed by atoms with Crippen LogP contribution in [0.15, 0.2) is 121 Å². The van der Waals surface area contributed by atoms with Gasteiger partial charge in [-0.05, 0) is 74.1 Å². The van der Waals surface area contributed by atoms with E-state index in [1.165, 1.54) is 0 Å². The summed E-state index contributed by atoms with van der Waals surface area (Å²) in [6.45, 7) is 2.44. The third-order valence-electron chi connectivity index (χ3n) is 16.1. The first kappa shape index (κ1) is 60.7. The first-order chi connectivity index (χ1) is 39.0. The molecule has 12 N–H and O–H groups in total. The van der Waals surface area contributed by atoms with Crippen LogP contribution in [0.1, 0.15) is 47.9 Å². The Balaban J connectivity index is 0.927. The zero-order valence-electron chi connectivity index (χ0n) is 45.3. The molecular formula is C60H84N4O16. The highest BCUT2D eigenvalue weighted by atomic mass is 16.6. The molecule has 4 aromatic rings. The number of hydrogen-bond acceptors (Lipinski definition) is 20. The summed E-state index contributed by atoms with van der Waals surface area (Å²) in [5, 5.41) is 108. The molecule has 8 bridgehead atoms. The lowest BCUT2D eigenvalue weighted by Gasteiger charge is -2.44. The van der Waals surface area contributed by atoms with Crippen molar-refractivity contribution in [2.24, 2.45) is 0 Å². The molecule has 20 nitrogen and oxygen atoms in total. The largest absolute Gasteiger partial charge is 0.388 e. The zero-order valence-corrected chi connectivity index (χ0v) is 45.3. The van der Waals surface area contributed by atoms with E-state index in [1.54, 1.807) is 0 Å². The van der Waals surface area contributed by atoms with Crippen molar-refractivity contribution in [2.75, 3.05) is 52.4 Å². The maximum atomic E-state index is 11.8. The van der Waals surface area contributed by atoms with Crippen LogP contribution in [-0.4, -0.2) is 215 Å². The van der Waals surface area contributed by atoms with E-state index in [0.29, 0.717) is 26.2 Å². The molecule has 440 valence electrons. The fraction of sp³-hybridized carbons (Fsp3) is 0.600. The summed E-state index contributed by atoms with van der Waals surface area (Å²) in [6, 6.07) is 38.0. The van der Waals surface area contributed by atoms with Crippen LogP contribution in [0.3, 0.4) is 0 Å². The fourth-order valence-corrected chi connectivity index (χ4v) is 11.5. The van der Waals surface area contributed by atoms with Gasteiger partial charge in [0.1, 0.15) is 73.2 Å². The minimum atomic E-state index is -1.22. The Morgan fingerprint density at radius 2 is 0.475 bits per heavy atom. The van der Waals surface area contributed by atoms with E-state index in [4.69, 9.17) is 37.9 Å². The van der Waals surface area contributed by atoms with Gasteiger partial charge in [-0.15, -0.1) is 0 Å². The molecule has 4 aromatic carbocycles. The Morgan fingerprint density at radius 1 is 0.287 bits per heavy atom. The standard InChI is InChI=1S/C60H84N4O16/c65-49-41-21-25-62-30-46-54(70)59(75-35-39-17-9-3-10-18-39)51(67)43(79-46)23-27-64-32-48-56(72)60(76-36-40-19-11-4-12-20-40)52(68)44(80-48)24-28-63-31-47-55(71)58(74-34-38-15-7-2-8-16-38)50(66)42(78-47)22-26-61-29-45(77-41)53(69)57(49)73-33-37-13-5-1-6-14-37/h1-20,41-72H,21-36H2/t41-,42-,43-,44-,45-,46-,47-,48-,49+,50+,51+,52+,53-,54-,55-,56-,57-,58-,59-,60-/m1/s1. The maximum Gasteiger partial charge on any atom is 0.115 e. The number of benzene rings is 4. The summed E-state index contributed by atoms with van der Waals surface area (Å²) in [6.07, 6.45) is -18.9. The minimum Gasteiger partial charge on any atom is -0.388 e. The molecule has 5 heterocycles. The second-order valence-corrected chi connectivity index (χ2v) is 21.8. The van der Waals surface area contributed by atoms with Gasteiger partial charge in [0.05, 0.1) is 75.3 Å². The molecule has 5 aliphatic heterocycles. The average molecular weight is 1120 g/mol. The molecule has 5 fully saturated rings. The van der Waals surface area contributed by atoms with Crippen molar-refractivity contribution in [3.05, 3.63) is 144 Å². The normalized spacial score (nSPS) is 37.4. The molecule has 20 atom stereocenters. The van der Waals surface area contributed by atoms with Crippen molar-refractivity contribution >= 4 is 0 Å². The second-order valence-electron chi connectivity index (χ2n) is 21.8. The molecule has 0 amide bonds. The lowest BCUT2D eigenvalue weighted by Crippen LogP contribution is -2.62. The fourth-order valence-electron chi connectivity index (χ4n) is 11.5. The van der Waals surface area contributed by atoms with E-state index >= 15 is 0 Å². The van der Waals surface area contributed by atoms with Gasteiger partial charge in [0.15, 0.2) is 0 Å². The highest BCUT2D eigenvalue weighted by Crippen LogP contribution is 2.31. The summed E-state index contributed by atoms with van der Waals surface area (Å²) in [5.74, 6) is 0. The highest BCUT2D eigenvalue weighted by molar-refractivity contribution is 5.17. The number of fused-ring (bicyclic) bond motifs is 8. The quantitative estimate of drug-likeness (QED) is 0.0904. The number of aliphatic hydroxyl groups excluding tert-OH is 8. The topological polar surface area (TPSA) is 284 Å². The van der Waals surface area contributed by atoms with E-state index in [0.717, 1.165) is 22.3 Å². The van der Waals surface area contributed by atoms with E-state index in [-0.39, 0.29) is 78.3 Å². The molecule has 0 aromatic heterocycles. The Labute approximate surface area is 468 Å². The van der Waals surface area contributed by atoms with Gasteiger partial charge < -0.3 is 100 Å².